The molecule has 0 atom stereocenters. The summed E-state index contributed by atoms with van der Waals surface area (Å²) >= 11 is 0. The number of sulfonamides is 1. The summed E-state index contributed by atoms with van der Waals surface area (Å²) < 4.78 is 42.7. The molecular formula is C18H23N3O6S. The molecule has 0 N–H and O–H groups in total. The second kappa shape index (κ2) is 7.80. The Balaban J connectivity index is 1.74. The van der Waals surface area contributed by atoms with Gasteiger partial charge in [0.1, 0.15) is 11.3 Å². The summed E-state index contributed by atoms with van der Waals surface area (Å²) in [5.41, 5.74) is 0.971. The van der Waals surface area contributed by atoms with Gasteiger partial charge in [-0.2, -0.15) is 4.31 Å². The minimum atomic E-state index is -3.71. The first kappa shape index (κ1) is 20.2. The van der Waals surface area contributed by atoms with Gasteiger partial charge in [0.15, 0.2) is 11.5 Å². The number of rotatable bonds is 5. The highest BCUT2D eigenvalue weighted by atomic mass is 32.2. The molecule has 10 heteroatoms. The maximum Gasteiger partial charge on any atom is 0.259 e. The van der Waals surface area contributed by atoms with E-state index in [2.05, 4.69) is 5.16 Å². The topological polar surface area (TPSA) is 102 Å². The van der Waals surface area contributed by atoms with E-state index in [0.717, 1.165) is 0 Å². The molecule has 28 heavy (non-hydrogen) atoms. The number of nitrogens with zero attached hydrogens (tertiary/aromatic N) is 3. The zero-order valence-corrected chi connectivity index (χ0v) is 17.1. The van der Waals surface area contributed by atoms with Crippen LogP contribution in [-0.4, -0.2) is 69.1 Å². The van der Waals surface area contributed by atoms with E-state index in [-0.39, 0.29) is 37.0 Å². The van der Waals surface area contributed by atoms with E-state index >= 15 is 0 Å². The Hall–Kier alpha value is -2.59. The first-order chi connectivity index (χ1) is 13.3. The molecule has 0 aliphatic carbocycles. The molecular weight excluding hydrogens is 386 g/mol. The lowest BCUT2D eigenvalue weighted by Gasteiger charge is -2.34. The molecule has 0 unspecified atom stereocenters. The number of amides is 1. The van der Waals surface area contributed by atoms with Gasteiger partial charge < -0.3 is 18.9 Å². The van der Waals surface area contributed by atoms with Crippen molar-refractivity contribution in [3.05, 3.63) is 35.2 Å². The van der Waals surface area contributed by atoms with Crippen LogP contribution in [0.15, 0.2) is 27.6 Å². The molecule has 1 aliphatic heterocycles. The van der Waals surface area contributed by atoms with Crippen LogP contribution in [0, 0.1) is 13.8 Å². The molecule has 2 aromatic rings. The molecule has 2 heterocycles. The van der Waals surface area contributed by atoms with Crippen molar-refractivity contribution < 1.29 is 27.2 Å². The number of benzene rings is 1. The third-order valence-corrected chi connectivity index (χ3v) is 6.66. The third-order valence-electron chi connectivity index (χ3n) is 4.77. The quantitative estimate of drug-likeness (QED) is 0.736. The molecule has 0 spiro atoms. The number of aromatic nitrogens is 1. The predicted octanol–water partition coefficient (Wildman–Crippen LogP) is 1.46. The van der Waals surface area contributed by atoms with Crippen LogP contribution in [0.5, 0.6) is 11.5 Å². The zero-order chi connectivity index (χ0) is 20.5. The summed E-state index contributed by atoms with van der Waals surface area (Å²) in [6.07, 6.45) is 0. The average Bonchev–Trinajstić information content (AvgIpc) is 3.05. The van der Waals surface area contributed by atoms with Crippen LogP contribution in [0.3, 0.4) is 0 Å². The van der Waals surface area contributed by atoms with Crippen LogP contribution < -0.4 is 9.47 Å². The fourth-order valence-corrected chi connectivity index (χ4v) is 4.64. The molecule has 1 fully saturated rings. The second-order valence-corrected chi connectivity index (χ2v) is 8.35. The Morgan fingerprint density at radius 1 is 1.07 bits per heavy atom. The van der Waals surface area contributed by atoms with Gasteiger partial charge in [0, 0.05) is 32.2 Å². The number of carbonyl (C=O) groups is 1. The van der Waals surface area contributed by atoms with E-state index in [0.29, 0.717) is 28.5 Å². The Bertz CT molecular complexity index is 958. The van der Waals surface area contributed by atoms with E-state index < -0.39 is 10.0 Å². The van der Waals surface area contributed by atoms with Crippen LogP contribution in [0.25, 0.3) is 0 Å². The number of hydrogen-bond donors (Lipinski definition) is 0. The Kier molecular flexibility index (Phi) is 5.61. The summed E-state index contributed by atoms with van der Waals surface area (Å²) in [7, 11) is -0.771. The van der Waals surface area contributed by atoms with Gasteiger partial charge in [-0.05, 0) is 26.0 Å². The van der Waals surface area contributed by atoms with Crippen molar-refractivity contribution in [2.75, 3.05) is 40.4 Å². The van der Waals surface area contributed by atoms with Crippen LogP contribution in [0.2, 0.25) is 0 Å². The van der Waals surface area contributed by atoms with Gasteiger partial charge in [0.05, 0.1) is 24.8 Å². The number of methoxy groups -OCH3 is 2. The lowest BCUT2D eigenvalue weighted by molar-refractivity contribution is 0.0695. The van der Waals surface area contributed by atoms with Gasteiger partial charge >= 0.3 is 0 Å². The molecule has 1 aliphatic rings. The Morgan fingerprint density at radius 2 is 1.71 bits per heavy atom. The maximum atomic E-state index is 13.0. The minimum absolute atomic E-state index is 0.121. The van der Waals surface area contributed by atoms with E-state index in [9.17, 15) is 13.2 Å². The minimum Gasteiger partial charge on any atom is -0.493 e. The van der Waals surface area contributed by atoms with Gasteiger partial charge in [0.2, 0.25) is 10.0 Å². The van der Waals surface area contributed by atoms with E-state index in [1.54, 1.807) is 24.8 Å². The summed E-state index contributed by atoms with van der Waals surface area (Å²) in [5, 5.41) is 3.81. The van der Waals surface area contributed by atoms with Gasteiger partial charge in [-0.3, -0.25) is 4.79 Å². The van der Waals surface area contributed by atoms with Crippen LogP contribution in [-0.2, 0) is 10.0 Å². The zero-order valence-electron chi connectivity index (χ0n) is 16.3. The molecule has 0 saturated carbocycles. The van der Waals surface area contributed by atoms with E-state index in [1.807, 2.05) is 0 Å². The van der Waals surface area contributed by atoms with Crippen molar-refractivity contribution in [1.29, 1.82) is 0 Å². The van der Waals surface area contributed by atoms with E-state index in [4.69, 9.17) is 14.0 Å². The second-order valence-electron chi connectivity index (χ2n) is 6.41. The predicted molar refractivity (Wildman–Crippen MR) is 100 cm³/mol. The number of hydrogen-bond acceptors (Lipinski definition) is 7. The van der Waals surface area contributed by atoms with Gasteiger partial charge in [0.25, 0.3) is 5.91 Å². The van der Waals surface area contributed by atoms with Crippen molar-refractivity contribution in [3.63, 3.8) is 0 Å². The van der Waals surface area contributed by atoms with Crippen LogP contribution >= 0.6 is 0 Å². The first-order valence-corrected chi connectivity index (χ1v) is 10.2. The Morgan fingerprint density at radius 3 is 2.25 bits per heavy atom. The largest absolute Gasteiger partial charge is 0.493 e. The fourth-order valence-electron chi connectivity index (χ4n) is 3.20. The number of piperazine rings is 1. The van der Waals surface area contributed by atoms with Gasteiger partial charge in [-0.25, -0.2) is 8.42 Å². The number of ether oxygens (including phenoxy) is 2. The summed E-state index contributed by atoms with van der Waals surface area (Å²) in [6.45, 7) is 4.37. The summed E-state index contributed by atoms with van der Waals surface area (Å²) in [4.78, 5) is 14.4. The molecule has 0 bridgehead atoms. The number of carbonyl (C=O) groups excluding carboxylic acids is 1. The molecule has 1 aromatic carbocycles. The molecule has 3 rings (SSSR count). The highest BCUT2D eigenvalue weighted by Gasteiger charge is 2.32. The summed E-state index contributed by atoms with van der Waals surface area (Å²) in [5.74, 6) is 1.06. The lowest BCUT2D eigenvalue weighted by Crippen LogP contribution is -2.50. The number of aryl methyl sites for hydroxylation is 2. The van der Waals surface area contributed by atoms with Crippen LogP contribution in [0.4, 0.5) is 0 Å². The standard InChI is InChI=1S/C18H23N3O6S/c1-12-17(13(2)27-19-12)18(22)20-7-9-21(10-8-20)28(23,24)14-5-6-15(25-3)16(11-14)26-4/h5-6,11H,7-10H2,1-4H3. The highest BCUT2D eigenvalue weighted by molar-refractivity contribution is 7.89. The van der Waals surface area contributed by atoms with Gasteiger partial charge in [-0.1, -0.05) is 5.16 Å². The molecule has 0 radical (unpaired) electrons. The molecule has 1 saturated heterocycles. The van der Waals surface area contributed by atoms with Crippen LogP contribution in [0.1, 0.15) is 21.8 Å². The van der Waals surface area contributed by atoms with Crippen molar-refractivity contribution in [2.45, 2.75) is 18.7 Å². The van der Waals surface area contributed by atoms with E-state index in [1.165, 1.54) is 30.7 Å². The summed E-state index contributed by atoms with van der Waals surface area (Å²) in [6, 6.07) is 4.48. The van der Waals surface area contributed by atoms with Crippen molar-refractivity contribution in [2.24, 2.45) is 0 Å². The van der Waals surface area contributed by atoms with Crippen molar-refractivity contribution in [1.82, 2.24) is 14.4 Å². The third kappa shape index (κ3) is 3.57. The molecule has 9 nitrogen and oxygen atoms in total. The van der Waals surface area contributed by atoms with Crippen molar-refractivity contribution >= 4 is 15.9 Å². The Labute approximate surface area is 163 Å². The average molecular weight is 409 g/mol. The maximum absolute atomic E-state index is 13.0. The highest BCUT2D eigenvalue weighted by Crippen LogP contribution is 2.31. The smallest absolute Gasteiger partial charge is 0.259 e. The first-order valence-electron chi connectivity index (χ1n) is 8.74. The fraction of sp³-hybridized carbons (Fsp3) is 0.444. The normalized spacial score (nSPS) is 15.5. The lowest BCUT2D eigenvalue weighted by atomic mass is 10.1. The SMILES string of the molecule is COc1ccc(S(=O)(=O)N2CCN(C(=O)c3c(C)noc3C)CC2)cc1OC. The monoisotopic (exact) mass is 409 g/mol. The van der Waals surface area contributed by atoms with Gasteiger partial charge in [-0.15, -0.1) is 0 Å². The van der Waals surface area contributed by atoms with Crippen molar-refractivity contribution in [3.8, 4) is 11.5 Å². The molecule has 152 valence electrons. The molecule has 1 aromatic heterocycles. The molecule has 1 amide bonds.